The van der Waals surface area contributed by atoms with Gasteiger partial charge in [-0.3, -0.25) is 4.79 Å². The number of thiazole rings is 1. The first-order valence-corrected chi connectivity index (χ1v) is 10.2. The Morgan fingerprint density at radius 1 is 1.33 bits per heavy atom. The van der Waals surface area contributed by atoms with E-state index in [1.54, 1.807) is 23.1 Å². The standard InChI is InChI=1S/C18H20N2O2S2/c1-12-10-24-17(19-12)18(8-4-5-9-18)20-16(21)14-11-23-15-7-3-2-6-13(15)22-14/h2-3,6-7,10,14H,4-5,8-9,11H2,1H3,(H,20,21). The summed E-state index contributed by atoms with van der Waals surface area (Å²) in [7, 11) is 0. The van der Waals surface area contributed by atoms with Crippen LogP contribution in [0, 0.1) is 6.92 Å². The third-order valence-electron chi connectivity index (χ3n) is 4.65. The predicted molar refractivity (Wildman–Crippen MR) is 96.7 cm³/mol. The monoisotopic (exact) mass is 360 g/mol. The molecule has 1 fully saturated rings. The first-order valence-electron chi connectivity index (χ1n) is 8.29. The molecule has 1 saturated carbocycles. The van der Waals surface area contributed by atoms with Crippen molar-refractivity contribution in [3.05, 3.63) is 40.3 Å². The number of aromatic nitrogens is 1. The van der Waals surface area contributed by atoms with Crippen molar-refractivity contribution in [3.8, 4) is 5.75 Å². The quantitative estimate of drug-likeness (QED) is 0.902. The highest BCUT2D eigenvalue weighted by Gasteiger charge is 2.41. The Balaban J connectivity index is 1.52. The van der Waals surface area contributed by atoms with Crippen molar-refractivity contribution in [1.82, 2.24) is 10.3 Å². The van der Waals surface area contributed by atoms with Crippen molar-refractivity contribution < 1.29 is 9.53 Å². The summed E-state index contributed by atoms with van der Waals surface area (Å²) in [6, 6.07) is 7.90. The van der Waals surface area contributed by atoms with E-state index in [0.717, 1.165) is 47.0 Å². The zero-order chi connectivity index (χ0) is 16.6. The van der Waals surface area contributed by atoms with Gasteiger partial charge in [0.15, 0.2) is 6.10 Å². The summed E-state index contributed by atoms with van der Waals surface area (Å²) in [5.41, 5.74) is 0.718. The molecule has 0 radical (unpaired) electrons. The summed E-state index contributed by atoms with van der Waals surface area (Å²) < 4.78 is 5.94. The summed E-state index contributed by atoms with van der Waals surface area (Å²) in [5.74, 6) is 1.43. The predicted octanol–water partition coefficient (Wildman–Crippen LogP) is 3.89. The van der Waals surface area contributed by atoms with Gasteiger partial charge in [-0.15, -0.1) is 23.1 Å². The maximum atomic E-state index is 12.9. The molecular weight excluding hydrogens is 340 g/mol. The summed E-state index contributed by atoms with van der Waals surface area (Å²) in [6.45, 7) is 2.00. The van der Waals surface area contributed by atoms with Crippen molar-refractivity contribution in [3.63, 3.8) is 0 Å². The van der Waals surface area contributed by atoms with E-state index in [2.05, 4.69) is 15.7 Å². The van der Waals surface area contributed by atoms with E-state index >= 15 is 0 Å². The number of hydrogen-bond donors (Lipinski definition) is 1. The van der Waals surface area contributed by atoms with E-state index in [1.165, 1.54) is 0 Å². The molecule has 1 aromatic carbocycles. The number of amides is 1. The highest BCUT2D eigenvalue weighted by atomic mass is 32.2. The number of thioether (sulfide) groups is 1. The molecule has 0 spiro atoms. The number of hydrogen-bond acceptors (Lipinski definition) is 5. The summed E-state index contributed by atoms with van der Waals surface area (Å²) >= 11 is 3.33. The Bertz CT molecular complexity index is 753. The summed E-state index contributed by atoms with van der Waals surface area (Å²) in [5, 5.41) is 6.39. The average molecular weight is 361 g/mol. The second kappa shape index (κ2) is 6.41. The third-order valence-corrected chi connectivity index (χ3v) is 6.93. The van der Waals surface area contributed by atoms with Crippen LogP contribution in [0.4, 0.5) is 0 Å². The second-order valence-electron chi connectivity index (χ2n) is 6.44. The van der Waals surface area contributed by atoms with Crippen LogP contribution in [0.2, 0.25) is 0 Å². The highest BCUT2D eigenvalue weighted by molar-refractivity contribution is 7.99. The number of benzene rings is 1. The SMILES string of the molecule is Cc1csc(C2(NC(=O)C3CSc4ccccc4O3)CCCC2)n1. The number of ether oxygens (including phenoxy) is 1. The molecule has 1 aromatic heterocycles. The number of carbonyl (C=O) groups excluding carboxylic acids is 1. The largest absolute Gasteiger partial charge is 0.479 e. The van der Waals surface area contributed by atoms with Crippen LogP contribution in [0.5, 0.6) is 5.75 Å². The number of nitrogens with one attached hydrogen (secondary N) is 1. The van der Waals surface area contributed by atoms with Gasteiger partial charge in [0, 0.05) is 21.7 Å². The molecule has 6 heteroatoms. The number of para-hydroxylation sites is 1. The van der Waals surface area contributed by atoms with E-state index in [4.69, 9.17) is 4.74 Å². The zero-order valence-corrected chi connectivity index (χ0v) is 15.2. The van der Waals surface area contributed by atoms with E-state index in [-0.39, 0.29) is 11.4 Å². The zero-order valence-electron chi connectivity index (χ0n) is 13.6. The van der Waals surface area contributed by atoms with Gasteiger partial charge in [0.2, 0.25) is 0 Å². The smallest absolute Gasteiger partial charge is 0.262 e. The van der Waals surface area contributed by atoms with E-state index < -0.39 is 6.10 Å². The highest BCUT2D eigenvalue weighted by Crippen LogP contribution is 2.41. The molecule has 0 saturated heterocycles. The fraction of sp³-hybridized carbons (Fsp3) is 0.444. The number of nitrogens with zero attached hydrogens (tertiary/aromatic N) is 1. The van der Waals surface area contributed by atoms with E-state index in [0.29, 0.717) is 5.75 Å². The second-order valence-corrected chi connectivity index (χ2v) is 8.36. The van der Waals surface area contributed by atoms with Crippen LogP contribution in [-0.2, 0) is 10.3 Å². The minimum Gasteiger partial charge on any atom is -0.479 e. The minimum atomic E-state index is -0.441. The molecule has 4 rings (SSSR count). The van der Waals surface area contributed by atoms with Crippen LogP contribution < -0.4 is 10.1 Å². The Hall–Kier alpha value is -1.53. The van der Waals surface area contributed by atoms with Gasteiger partial charge in [-0.25, -0.2) is 4.98 Å². The maximum Gasteiger partial charge on any atom is 0.262 e. The van der Waals surface area contributed by atoms with Crippen LogP contribution in [0.15, 0.2) is 34.5 Å². The van der Waals surface area contributed by atoms with Gasteiger partial charge in [-0.05, 0) is 31.9 Å². The Morgan fingerprint density at radius 2 is 2.12 bits per heavy atom. The van der Waals surface area contributed by atoms with Crippen LogP contribution in [0.25, 0.3) is 0 Å². The van der Waals surface area contributed by atoms with Gasteiger partial charge in [0.25, 0.3) is 5.91 Å². The molecule has 0 bridgehead atoms. The van der Waals surface area contributed by atoms with Gasteiger partial charge in [0.05, 0.1) is 5.54 Å². The molecule has 1 N–H and O–H groups in total. The summed E-state index contributed by atoms with van der Waals surface area (Å²) in [6.07, 6.45) is 3.73. The van der Waals surface area contributed by atoms with Crippen molar-refractivity contribution in [2.24, 2.45) is 0 Å². The van der Waals surface area contributed by atoms with Crippen molar-refractivity contribution >= 4 is 29.0 Å². The van der Waals surface area contributed by atoms with Crippen molar-refractivity contribution in [2.75, 3.05) is 5.75 Å². The Kier molecular flexibility index (Phi) is 4.26. The van der Waals surface area contributed by atoms with Gasteiger partial charge >= 0.3 is 0 Å². The van der Waals surface area contributed by atoms with E-state index in [9.17, 15) is 4.79 Å². The lowest BCUT2D eigenvalue weighted by Gasteiger charge is -2.32. The summed E-state index contributed by atoms with van der Waals surface area (Å²) in [4.78, 5) is 18.6. The molecule has 1 aliphatic carbocycles. The van der Waals surface area contributed by atoms with E-state index in [1.807, 2.05) is 31.2 Å². The first-order chi connectivity index (χ1) is 11.7. The van der Waals surface area contributed by atoms with Gasteiger partial charge in [-0.1, -0.05) is 25.0 Å². The number of fused-ring (bicyclic) bond motifs is 1. The minimum absolute atomic E-state index is 0.0215. The van der Waals surface area contributed by atoms with Crippen LogP contribution in [0.1, 0.15) is 36.4 Å². The van der Waals surface area contributed by atoms with Crippen molar-refractivity contribution in [1.29, 1.82) is 0 Å². The molecule has 2 aliphatic rings. The fourth-order valence-corrected chi connectivity index (χ4v) is 5.41. The van der Waals surface area contributed by atoms with Crippen LogP contribution in [-0.4, -0.2) is 22.7 Å². The normalized spacial score (nSPS) is 21.8. The lowest BCUT2D eigenvalue weighted by atomic mass is 9.98. The Morgan fingerprint density at radius 3 is 2.88 bits per heavy atom. The molecule has 2 heterocycles. The van der Waals surface area contributed by atoms with Crippen molar-refractivity contribution in [2.45, 2.75) is 49.1 Å². The van der Waals surface area contributed by atoms with Gasteiger partial charge in [0.1, 0.15) is 10.8 Å². The third kappa shape index (κ3) is 2.93. The van der Waals surface area contributed by atoms with Gasteiger partial charge in [-0.2, -0.15) is 0 Å². The first kappa shape index (κ1) is 16.0. The molecule has 1 aliphatic heterocycles. The lowest BCUT2D eigenvalue weighted by Crippen LogP contribution is -2.50. The molecule has 1 amide bonds. The number of carbonyl (C=O) groups is 1. The van der Waals surface area contributed by atoms with Crippen LogP contribution in [0.3, 0.4) is 0 Å². The molecule has 4 nitrogen and oxygen atoms in total. The number of rotatable bonds is 3. The maximum absolute atomic E-state index is 12.9. The number of aryl methyl sites for hydroxylation is 1. The Labute approximate surface area is 150 Å². The topological polar surface area (TPSA) is 51.2 Å². The molecule has 126 valence electrons. The van der Waals surface area contributed by atoms with Gasteiger partial charge < -0.3 is 10.1 Å². The average Bonchev–Trinajstić information content (AvgIpc) is 3.24. The molecule has 2 aromatic rings. The molecular formula is C18H20N2O2S2. The molecule has 1 atom stereocenters. The lowest BCUT2D eigenvalue weighted by molar-refractivity contribution is -0.129. The van der Waals surface area contributed by atoms with Crippen LogP contribution >= 0.6 is 23.1 Å². The fourth-order valence-electron chi connectivity index (χ4n) is 3.41. The molecule has 1 unspecified atom stereocenters. The molecule has 24 heavy (non-hydrogen) atoms.